The second kappa shape index (κ2) is 5.74. The summed E-state index contributed by atoms with van der Waals surface area (Å²) < 4.78 is 2.28. The third kappa shape index (κ3) is 2.28. The van der Waals surface area contributed by atoms with Crippen molar-refractivity contribution in [3.05, 3.63) is 41.5 Å². The highest BCUT2D eigenvalue weighted by Crippen LogP contribution is 2.60. The van der Waals surface area contributed by atoms with Crippen molar-refractivity contribution >= 4 is 34.4 Å². The lowest BCUT2D eigenvalue weighted by Crippen LogP contribution is -2.48. The fraction of sp³-hybridized carbons (Fsp3) is 0.476. The third-order valence-electron chi connectivity index (χ3n) is 7.03. The maximum atomic E-state index is 6.23. The van der Waals surface area contributed by atoms with Crippen molar-refractivity contribution in [1.29, 1.82) is 0 Å². The number of nitrogens with two attached hydrogens (primary N) is 1. The van der Waals surface area contributed by atoms with E-state index in [0.29, 0.717) is 5.41 Å². The minimum absolute atomic E-state index is 0. The Hall–Kier alpha value is -1.52. The molecular weight excluding hydrogens is 362 g/mol. The molecule has 0 amide bonds. The van der Waals surface area contributed by atoms with E-state index in [9.17, 15) is 0 Å². The summed E-state index contributed by atoms with van der Waals surface area (Å²) in [6.45, 7) is 0. The zero-order valence-electron chi connectivity index (χ0n) is 14.7. The topological polar surface area (TPSA) is 43.3 Å². The van der Waals surface area contributed by atoms with Gasteiger partial charge >= 0.3 is 0 Å². The van der Waals surface area contributed by atoms with Gasteiger partial charge in [-0.05, 0) is 62.3 Å². The Kier molecular flexibility index (Phi) is 3.67. The summed E-state index contributed by atoms with van der Waals surface area (Å²) in [6, 6.07) is 8.15. The number of fused-ring (bicyclic) bond motifs is 1. The van der Waals surface area contributed by atoms with E-state index < -0.39 is 0 Å². The van der Waals surface area contributed by atoms with Crippen LogP contribution in [0, 0.1) is 17.8 Å². The number of halogens is 1. The molecule has 0 saturated heterocycles. The van der Waals surface area contributed by atoms with Crippen LogP contribution in [0.3, 0.4) is 0 Å². The summed E-state index contributed by atoms with van der Waals surface area (Å²) in [6.07, 6.45) is 10.9. The number of benzene rings is 1. The van der Waals surface area contributed by atoms with Crippen molar-refractivity contribution in [2.24, 2.45) is 17.8 Å². The van der Waals surface area contributed by atoms with Crippen molar-refractivity contribution in [3.63, 3.8) is 0 Å². The zero-order valence-corrected chi connectivity index (χ0v) is 16.4. The largest absolute Gasteiger partial charge is 0.398 e. The molecule has 3 aromatic rings. The summed E-state index contributed by atoms with van der Waals surface area (Å²) in [5, 5.41) is 2.19. The quantitative estimate of drug-likeness (QED) is 0.589. The van der Waals surface area contributed by atoms with Crippen LogP contribution in [0.1, 0.15) is 44.2 Å². The van der Waals surface area contributed by atoms with Gasteiger partial charge in [0.1, 0.15) is 0 Å². The molecule has 4 saturated carbocycles. The lowest BCUT2D eigenvalue weighted by molar-refractivity contribution is -0.00696. The number of hydrogen-bond donors (Lipinski definition) is 1. The fourth-order valence-corrected chi connectivity index (χ4v) is 7.26. The van der Waals surface area contributed by atoms with Crippen LogP contribution in [0.25, 0.3) is 16.2 Å². The van der Waals surface area contributed by atoms with Crippen LogP contribution < -0.4 is 5.73 Å². The molecule has 7 rings (SSSR count). The molecule has 0 radical (unpaired) electrons. The van der Waals surface area contributed by atoms with Crippen LogP contribution in [0.2, 0.25) is 0 Å². The Morgan fingerprint density at radius 3 is 2.35 bits per heavy atom. The van der Waals surface area contributed by atoms with Crippen molar-refractivity contribution < 1.29 is 0 Å². The van der Waals surface area contributed by atoms with Gasteiger partial charge in [-0.25, -0.2) is 4.98 Å². The molecule has 3 nitrogen and oxygen atoms in total. The molecule has 4 aliphatic carbocycles. The molecule has 0 unspecified atom stereocenters. The number of rotatable bonds is 2. The molecule has 4 aliphatic rings. The molecule has 26 heavy (non-hydrogen) atoms. The predicted molar refractivity (Wildman–Crippen MR) is 110 cm³/mol. The van der Waals surface area contributed by atoms with E-state index in [1.54, 1.807) is 11.3 Å². The Balaban J connectivity index is 0.00000150. The molecule has 1 aromatic carbocycles. The molecule has 0 aliphatic heterocycles. The van der Waals surface area contributed by atoms with Gasteiger partial charge in [-0.3, -0.25) is 4.40 Å². The van der Waals surface area contributed by atoms with Crippen molar-refractivity contribution in [3.8, 4) is 11.3 Å². The highest BCUT2D eigenvalue weighted by atomic mass is 35.5. The number of nitrogen functional groups attached to an aromatic ring is 1. The smallest absolute Gasteiger partial charge is 0.194 e. The lowest BCUT2D eigenvalue weighted by Gasteiger charge is -2.56. The molecule has 5 heteroatoms. The first-order chi connectivity index (χ1) is 12.2. The number of para-hydroxylation sites is 1. The summed E-state index contributed by atoms with van der Waals surface area (Å²) in [7, 11) is 0. The van der Waals surface area contributed by atoms with E-state index in [4.69, 9.17) is 10.7 Å². The van der Waals surface area contributed by atoms with Gasteiger partial charge in [0.15, 0.2) is 4.96 Å². The molecule has 4 fully saturated rings. The Labute approximate surface area is 164 Å². The van der Waals surface area contributed by atoms with E-state index in [2.05, 4.69) is 28.1 Å². The average molecular weight is 386 g/mol. The van der Waals surface area contributed by atoms with E-state index in [1.165, 1.54) is 49.9 Å². The highest BCUT2D eigenvalue weighted by molar-refractivity contribution is 7.15. The molecule has 4 bridgehead atoms. The van der Waals surface area contributed by atoms with E-state index >= 15 is 0 Å². The molecule has 2 N–H and O–H groups in total. The summed E-state index contributed by atoms with van der Waals surface area (Å²) in [5.41, 5.74) is 11.1. The van der Waals surface area contributed by atoms with E-state index in [1.807, 2.05) is 12.1 Å². The van der Waals surface area contributed by atoms with Crippen molar-refractivity contribution in [1.82, 2.24) is 9.38 Å². The van der Waals surface area contributed by atoms with Crippen LogP contribution in [-0.4, -0.2) is 9.38 Å². The van der Waals surface area contributed by atoms with Crippen LogP contribution >= 0.6 is 23.7 Å². The van der Waals surface area contributed by atoms with E-state index in [0.717, 1.165) is 34.0 Å². The van der Waals surface area contributed by atoms with Gasteiger partial charge in [-0.2, -0.15) is 0 Å². The average Bonchev–Trinajstić information content (AvgIpc) is 3.15. The molecule has 2 heterocycles. The summed E-state index contributed by atoms with van der Waals surface area (Å²) in [5.74, 6) is 2.86. The standard InChI is InChI=1S/C21H23N3S.ClH/c22-17-4-2-1-3-16(17)18-12-25-20-23-19(11-24(18)20)21-8-13-5-14(9-21)7-15(6-13)10-21;/h1-4,11-15H,5-10,22H2;1H. The summed E-state index contributed by atoms with van der Waals surface area (Å²) in [4.78, 5) is 6.23. The predicted octanol–water partition coefficient (Wildman–Crippen LogP) is 5.53. The number of nitrogens with zero attached hydrogens (tertiary/aromatic N) is 2. The monoisotopic (exact) mass is 385 g/mol. The normalized spacial score (nSPS) is 32.1. The number of thiazole rings is 1. The van der Waals surface area contributed by atoms with Crippen LogP contribution in [0.4, 0.5) is 5.69 Å². The van der Waals surface area contributed by atoms with Gasteiger partial charge in [0.25, 0.3) is 0 Å². The minimum Gasteiger partial charge on any atom is -0.398 e. The first-order valence-corrected chi connectivity index (χ1v) is 10.4. The van der Waals surface area contributed by atoms with Crippen molar-refractivity contribution in [2.75, 3.05) is 5.73 Å². The van der Waals surface area contributed by atoms with Crippen LogP contribution in [0.15, 0.2) is 35.8 Å². The Morgan fingerprint density at radius 2 is 1.69 bits per heavy atom. The Morgan fingerprint density at radius 1 is 1.04 bits per heavy atom. The zero-order chi connectivity index (χ0) is 16.6. The van der Waals surface area contributed by atoms with Gasteiger partial charge < -0.3 is 5.73 Å². The maximum absolute atomic E-state index is 6.23. The maximum Gasteiger partial charge on any atom is 0.194 e. The molecule has 0 spiro atoms. The van der Waals surface area contributed by atoms with Crippen LogP contribution in [-0.2, 0) is 5.41 Å². The first kappa shape index (κ1) is 16.6. The molecule has 136 valence electrons. The van der Waals surface area contributed by atoms with Gasteiger partial charge in [-0.1, -0.05) is 18.2 Å². The van der Waals surface area contributed by atoms with Crippen LogP contribution in [0.5, 0.6) is 0 Å². The number of aromatic nitrogens is 2. The Bertz CT molecular complexity index is 937. The lowest BCUT2D eigenvalue weighted by atomic mass is 9.49. The van der Waals surface area contributed by atoms with Gasteiger partial charge in [0.05, 0.1) is 11.4 Å². The number of anilines is 1. The second-order valence-corrected chi connectivity index (χ2v) is 9.52. The minimum atomic E-state index is 0. The second-order valence-electron chi connectivity index (χ2n) is 8.68. The van der Waals surface area contributed by atoms with Gasteiger partial charge in [0, 0.05) is 28.2 Å². The number of imidazole rings is 1. The fourth-order valence-electron chi connectivity index (χ4n) is 6.39. The molecular formula is C21H24ClN3S. The first-order valence-electron chi connectivity index (χ1n) is 9.52. The SMILES string of the molecule is Cl.Nc1ccccc1-c1csc2nc(C34CC5CC(CC(C5)C3)C4)cn12. The third-order valence-corrected chi connectivity index (χ3v) is 7.87. The summed E-state index contributed by atoms with van der Waals surface area (Å²) >= 11 is 1.74. The molecule has 2 aromatic heterocycles. The highest BCUT2D eigenvalue weighted by Gasteiger charge is 2.52. The molecule has 0 atom stereocenters. The van der Waals surface area contributed by atoms with Gasteiger partial charge in [-0.15, -0.1) is 23.7 Å². The van der Waals surface area contributed by atoms with E-state index in [-0.39, 0.29) is 12.4 Å². The number of hydrogen-bond acceptors (Lipinski definition) is 3. The van der Waals surface area contributed by atoms with Gasteiger partial charge in [0.2, 0.25) is 0 Å². The van der Waals surface area contributed by atoms with Crippen molar-refractivity contribution in [2.45, 2.75) is 43.9 Å².